The lowest BCUT2D eigenvalue weighted by atomic mass is 9.87. The van der Waals surface area contributed by atoms with E-state index in [9.17, 15) is 14.3 Å². The molecule has 0 saturated carbocycles. The Balaban J connectivity index is 1.49. The Morgan fingerprint density at radius 1 is 1.16 bits per heavy atom. The molecule has 0 spiro atoms. The van der Waals surface area contributed by atoms with Gasteiger partial charge >= 0.3 is 0 Å². The lowest BCUT2D eigenvalue weighted by Gasteiger charge is -2.29. The molecule has 1 N–H and O–H groups in total. The summed E-state index contributed by atoms with van der Waals surface area (Å²) in [6, 6.07) is 12.4. The number of rotatable bonds is 4. The molecule has 5 rings (SSSR count). The molecule has 1 amide bonds. The highest BCUT2D eigenvalue weighted by molar-refractivity contribution is 7.17. The average molecular weight is 447 g/mol. The van der Waals surface area contributed by atoms with Crippen LogP contribution >= 0.6 is 11.3 Å². The topological polar surface area (TPSA) is 78.7 Å². The Bertz CT molecular complexity index is 1240. The van der Waals surface area contributed by atoms with Gasteiger partial charge in [-0.2, -0.15) is 5.10 Å². The van der Waals surface area contributed by atoms with Crippen molar-refractivity contribution in [2.75, 3.05) is 0 Å². The third-order valence-electron chi connectivity index (χ3n) is 5.60. The second-order valence-corrected chi connectivity index (χ2v) is 8.65. The van der Waals surface area contributed by atoms with Gasteiger partial charge in [-0.25, -0.2) is 9.40 Å². The maximum atomic E-state index is 14.1. The molecule has 0 radical (unpaired) electrons. The lowest BCUT2D eigenvalue weighted by Crippen LogP contribution is -2.39. The molecule has 6 nitrogen and oxygen atoms in total. The number of thiophene rings is 1. The predicted molar refractivity (Wildman–Crippen MR) is 121 cm³/mol. The van der Waals surface area contributed by atoms with Gasteiger partial charge in [0.2, 0.25) is 0 Å². The Hall–Kier alpha value is -3.65. The third-order valence-corrected chi connectivity index (χ3v) is 6.69. The molecule has 3 aromatic heterocycles. The van der Waals surface area contributed by atoms with Crippen LogP contribution < -0.4 is 0 Å². The molecule has 160 valence electrons. The molecule has 2 atom stereocenters. The van der Waals surface area contributed by atoms with Crippen molar-refractivity contribution in [2.45, 2.75) is 18.9 Å². The number of hydrogen-bond donors (Lipinski definition) is 1. The van der Waals surface area contributed by atoms with Gasteiger partial charge in [-0.15, -0.1) is 11.3 Å². The highest BCUT2D eigenvalue weighted by Crippen LogP contribution is 2.37. The number of aliphatic hydroxyl groups is 1. The van der Waals surface area contributed by atoms with Crippen molar-refractivity contribution in [1.82, 2.24) is 15.0 Å². The summed E-state index contributed by atoms with van der Waals surface area (Å²) in [5, 5.41) is 16.4. The number of aromatic nitrogens is 2. The molecule has 0 saturated heterocycles. The molecule has 2 aliphatic rings. The quantitative estimate of drug-likeness (QED) is 0.602. The van der Waals surface area contributed by atoms with Gasteiger partial charge in [-0.3, -0.25) is 14.8 Å². The van der Waals surface area contributed by atoms with Crippen molar-refractivity contribution in [2.24, 2.45) is 11.0 Å². The van der Waals surface area contributed by atoms with Gasteiger partial charge in [0.25, 0.3) is 5.91 Å². The molecule has 0 aromatic carbocycles. The lowest BCUT2D eigenvalue weighted by molar-refractivity contribution is 0.0650. The second-order valence-electron chi connectivity index (χ2n) is 7.57. The van der Waals surface area contributed by atoms with Crippen LogP contribution in [0, 0.1) is 5.92 Å². The van der Waals surface area contributed by atoms with E-state index in [4.69, 9.17) is 0 Å². The fraction of sp³-hybridized carbons (Fsp3) is 0.167. The number of pyridine rings is 2. The summed E-state index contributed by atoms with van der Waals surface area (Å²) >= 11 is 1.33. The minimum Gasteiger partial charge on any atom is -0.509 e. The van der Waals surface area contributed by atoms with Crippen molar-refractivity contribution in [3.05, 3.63) is 95.2 Å². The van der Waals surface area contributed by atoms with Crippen LogP contribution in [-0.4, -0.2) is 37.7 Å². The number of hydrogen-bond acceptors (Lipinski definition) is 6. The van der Waals surface area contributed by atoms with Crippen molar-refractivity contribution < 1.29 is 14.3 Å². The van der Waals surface area contributed by atoms with Gasteiger partial charge in [-0.1, -0.05) is 18.2 Å². The Morgan fingerprint density at radius 2 is 2.06 bits per heavy atom. The van der Waals surface area contributed by atoms with E-state index in [0.717, 1.165) is 16.1 Å². The average Bonchev–Trinajstić information content (AvgIpc) is 3.50. The van der Waals surface area contributed by atoms with Gasteiger partial charge in [0.05, 0.1) is 27.2 Å². The maximum absolute atomic E-state index is 14.1. The molecule has 32 heavy (non-hydrogen) atoms. The Kier molecular flexibility index (Phi) is 5.36. The molecule has 4 heterocycles. The first-order valence-corrected chi connectivity index (χ1v) is 11.0. The van der Waals surface area contributed by atoms with E-state index in [0.29, 0.717) is 23.4 Å². The molecular formula is C24H19FN4O2S. The van der Waals surface area contributed by atoms with E-state index in [-0.39, 0.29) is 11.7 Å². The van der Waals surface area contributed by atoms with Crippen LogP contribution in [0.4, 0.5) is 4.39 Å². The number of nitrogens with zero attached hydrogens (tertiary/aromatic N) is 4. The SMILES string of the molecule is O=C(c1ccc(-c2ccccn2)s1)N1N=C(c2cccnc2)CC1C1CC=CC(F)=C1O. The van der Waals surface area contributed by atoms with E-state index >= 15 is 0 Å². The first kappa shape index (κ1) is 20.3. The van der Waals surface area contributed by atoms with Crippen molar-refractivity contribution in [3.8, 4) is 10.6 Å². The minimum absolute atomic E-state index is 0.288. The fourth-order valence-electron chi connectivity index (χ4n) is 3.99. The standard InChI is InChI=1S/C24H19FN4O2S/c25-17-7-3-6-16(23(17)30)20-13-19(15-5-4-11-26-14-15)28-29(20)24(31)22-10-9-21(32-22)18-8-1-2-12-27-18/h1-5,7-12,14,16,20,30H,6,13H2. The Morgan fingerprint density at radius 3 is 2.84 bits per heavy atom. The molecule has 0 fully saturated rings. The Labute approximate surface area is 188 Å². The van der Waals surface area contributed by atoms with Crippen LogP contribution in [0.25, 0.3) is 10.6 Å². The van der Waals surface area contributed by atoms with E-state index in [2.05, 4.69) is 15.1 Å². The van der Waals surface area contributed by atoms with E-state index in [1.807, 2.05) is 30.3 Å². The van der Waals surface area contributed by atoms with Crippen LogP contribution in [0.15, 0.2) is 89.9 Å². The zero-order valence-electron chi connectivity index (χ0n) is 16.9. The molecule has 8 heteroatoms. The third kappa shape index (κ3) is 3.73. The van der Waals surface area contributed by atoms with Gasteiger partial charge < -0.3 is 5.11 Å². The summed E-state index contributed by atoms with van der Waals surface area (Å²) in [5.41, 5.74) is 2.26. The number of allylic oxidation sites excluding steroid dienone is 3. The molecule has 0 bridgehead atoms. The zero-order valence-corrected chi connectivity index (χ0v) is 17.7. The second kappa shape index (κ2) is 8.47. The predicted octanol–water partition coefficient (Wildman–Crippen LogP) is 5.14. The highest BCUT2D eigenvalue weighted by atomic mass is 32.1. The van der Waals surface area contributed by atoms with Crippen LogP contribution in [0.1, 0.15) is 28.1 Å². The monoisotopic (exact) mass is 446 g/mol. The molecule has 2 unspecified atom stereocenters. The number of carbonyl (C=O) groups excluding carboxylic acids is 1. The summed E-state index contributed by atoms with van der Waals surface area (Å²) in [4.78, 5) is 23.3. The number of aliphatic hydroxyl groups excluding tert-OH is 1. The highest BCUT2D eigenvalue weighted by Gasteiger charge is 2.41. The van der Waals surface area contributed by atoms with Crippen molar-refractivity contribution in [1.29, 1.82) is 0 Å². The van der Waals surface area contributed by atoms with Crippen LogP contribution in [0.3, 0.4) is 0 Å². The summed E-state index contributed by atoms with van der Waals surface area (Å²) in [7, 11) is 0. The zero-order chi connectivity index (χ0) is 22.1. The number of hydrazone groups is 1. The van der Waals surface area contributed by atoms with Crippen molar-refractivity contribution >= 4 is 23.0 Å². The summed E-state index contributed by atoms with van der Waals surface area (Å²) in [6.07, 6.45) is 8.81. The number of amides is 1. The first-order chi connectivity index (χ1) is 15.6. The molecular weight excluding hydrogens is 427 g/mol. The largest absolute Gasteiger partial charge is 0.509 e. The minimum atomic E-state index is -0.669. The number of carbonyl (C=O) groups is 1. The molecule has 1 aliphatic carbocycles. The van der Waals surface area contributed by atoms with Gasteiger partial charge in [-0.05, 0) is 42.8 Å². The summed E-state index contributed by atoms with van der Waals surface area (Å²) in [6.45, 7) is 0. The maximum Gasteiger partial charge on any atom is 0.284 e. The van der Waals surface area contributed by atoms with Crippen LogP contribution in [-0.2, 0) is 0 Å². The molecule has 3 aromatic rings. The molecule has 1 aliphatic heterocycles. The van der Waals surface area contributed by atoms with Gasteiger partial charge in [0.15, 0.2) is 5.83 Å². The fourth-order valence-corrected chi connectivity index (χ4v) is 4.91. The summed E-state index contributed by atoms with van der Waals surface area (Å²) in [5.74, 6) is -1.86. The normalized spacial score (nSPS) is 20.5. The van der Waals surface area contributed by atoms with Gasteiger partial charge in [0, 0.05) is 36.5 Å². The van der Waals surface area contributed by atoms with E-state index < -0.39 is 17.8 Å². The van der Waals surface area contributed by atoms with Crippen LogP contribution in [0.2, 0.25) is 0 Å². The van der Waals surface area contributed by atoms with Crippen molar-refractivity contribution in [3.63, 3.8) is 0 Å². The van der Waals surface area contributed by atoms with E-state index in [1.54, 1.807) is 36.8 Å². The van der Waals surface area contributed by atoms with Crippen LogP contribution in [0.5, 0.6) is 0 Å². The first-order valence-electron chi connectivity index (χ1n) is 10.2. The number of halogens is 1. The summed E-state index contributed by atoms with van der Waals surface area (Å²) < 4.78 is 14.1. The smallest absolute Gasteiger partial charge is 0.284 e. The van der Waals surface area contributed by atoms with E-state index in [1.165, 1.54) is 22.4 Å². The van der Waals surface area contributed by atoms with Gasteiger partial charge in [0.1, 0.15) is 5.76 Å².